The molecule has 5 atom stereocenters. The lowest BCUT2D eigenvalue weighted by molar-refractivity contribution is -0.162. The zero-order valence-corrected chi connectivity index (χ0v) is 38.4. The van der Waals surface area contributed by atoms with Crippen LogP contribution in [0.5, 0.6) is 5.75 Å². The van der Waals surface area contributed by atoms with Crippen molar-refractivity contribution in [1.82, 2.24) is 15.5 Å². The molecule has 8 rings (SSSR count). The van der Waals surface area contributed by atoms with Gasteiger partial charge in [-0.3, -0.25) is 19.3 Å². The molecule has 4 aromatic carbocycles. The first-order valence-electron chi connectivity index (χ1n) is 21.3. The van der Waals surface area contributed by atoms with Gasteiger partial charge in [0.1, 0.15) is 40.6 Å². The van der Waals surface area contributed by atoms with Crippen LogP contribution in [0.2, 0.25) is 0 Å². The average molecular weight is 918 g/mol. The Morgan fingerprint density at radius 3 is 2.06 bits per heavy atom. The predicted molar refractivity (Wildman–Crippen MR) is 248 cm³/mol. The molecule has 0 bridgehead atoms. The van der Waals surface area contributed by atoms with Crippen LogP contribution in [0.25, 0.3) is 0 Å². The topological polar surface area (TPSA) is 166 Å². The molecule has 2 amide bonds. The van der Waals surface area contributed by atoms with Gasteiger partial charge >= 0.3 is 11.9 Å². The van der Waals surface area contributed by atoms with E-state index in [1.807, 2.05) is 91.0 Å². The molecule has 4 aliphatic rings. The first-order valence-corrected chi connectivity index (χ1v) is 23.6. The maximum Gasteiger partial charge on any atom is 0.355 e. The van der Waals surface area contributed by atoms with Gasteiger partial charge in [0.15, 0.2) is 11.1 Å². The number of rotatable bonds is 14. The van der Waals surface area contributed by atoms with E-state index < -0.39 is 62.9 Å². The van der Waals surface area contributed by atoms with Gasteiger partial charge in [-0.2, -0.15) is 0 Å². The molecule has 0 saturated carbocycles. The molecule has 2 saturated heterocycles. The predicted octanol–water partition coefficient (Wildman–Crippen LogP) is 6.69. The van der Waals surface area contributed by atoms with E-state index in [1.165, 1.54) is 23.8 Å². The smallest absolute Gasteiger partial charge is 0.355 e. The Kier molecular flexibility index (Phi) is 13.7. The molecule has 14 nitrogen and oxygen atoms in total. The number of methoxy groups -OCH3 is 1. The molecule has 0 aliphatic carbocycles. The third kappa shape index (κ3) is 9.53. The quantitative estimate of drug-likeness (QED) is 0.0456. The van der Waals surface area contributed by atoms with Crippen LogP contribution in [0.4, 0.5) is 0 Å². The number of amides is 2. The van der Waals surface area contributed by atoms with E-state index in [9.17, 15) is 19.2 Å². The van der Waals surface area contributed by atoms with Gasteiger partial charge in [-0.15, -0.1) is 11.8 Å². The normalized spacial score (nSPS) is 21.8. The molecule has 2 fully saturated rings. The van der Waals surface area contributed by atoms with Crippen LogP contribution in [0.3, 0.4) is 0 Å². The second-order valence-corrected chi connectivity index (χ2v) is 19.2. The Balaban J connectivity index is 1.11. The summed E-state index contributed by atoms with van der Waals surface area (Å²) in [6, 6.07) is 35.6. The van der Waals surface area contributed by atoms with Crippen LogP contribution in [-0.2, 0) is 61.1 Å². The summed E-state index contributed by atoms with van der Waals surface area (Å²) >= 11 is 1.41. The van der Waals surface area contributed by atoms with E-state index in [4.69, 9.17) is 28.8 Å². The molecule has 4 heterocycles. The zero-order chi connectivity index (χ0) is 45.7. The summed E-state index contributed by atoms with van der Waals surface area (Å²) in [6.45, 7) is 5.64. The van der Waals surface area contributed by atoms with E-state index in [0.717, 1.165) is 28.7 Å². The van der Waals surface area contributed by atoms with E-state index in [0.29, 0.717) is 35.3 Å². The van der Waals surface area contributed by atoms with Crippen molar-refractivity contribution in [1.29, 1.82) is 0 Å². The SMILES string of the molecule is CO/N=S1/C=C(C(C(=O)N[C@@H]2C(=O)N3C(C(=O)OCc4ccc(OC)cc4)=C([C@H]4CCCO4)CS[C@H]23)C(=O)OC(C)(C)C)NC1=NC(c1ccccc1)(c1ccccc1)c1ccccc1. The summed E-state index contributed by atoms with van der Waals surface area (Å²) in [5.41, 5.74) is 2.19. The minimum Gasteiger partial charge on any atom is -0.497 e. The number of amidine groups is 1. The van der Waals surface area contributed by atoms with Crippen molar-refractivity contribution in [2.24, 2.45) is 15.4 Å². The summed E-state index contributed by atoms with van der Waals surface area (Å²) in [5, 5.41) is 7.47. The molecule has 338 valence electrons. The summed E-state index contributed by atoms with van der Waals surface area (Å²) in [7, 11) is 1.74. The first-order chi connectivity index (χ1) is 31.4. The fraction of sp³-hybridized carbons (Fsp3) is 0.327. The molecule has 2 unspecified atom stereocenters. The van der Waals surface area contributed by atoms with Crippen molar-refractivity contribution in [3.05, 3.63) is 160 Å². The maximum absolute atomic E-state index is 14.7. The van der Waals surface area contributed by atoms with Gasteiger partial charge in [-0.25, -0.2) is 14.6 Å². The number of aliphatic imine (C=N–C) groups is 1. The Morgan fingerprint density at radius 1 is 0.908 bits per heavy atom. The number of nitrogens with one attached hydrogen (secondary N) is 2. The summed E-state index contributed by atoms with van der Waals surface area (Å²) in [6.07, 6.45) is 1.16. The first kappa shape index (κ1) is 45.5. The van der Waals surface area contributed by atoms with Crippen molar-refractivity contribution in [3.8, 4) is 5.75 Å². The van der Waals surface area contributed by atoms with Crippen LogP contribution in [0.15, 0.2) is 147 Å². The molecule has 65 heavy (non-hydrogen) atoms. The van der Waals surface area contributed by atoms with Gasteiger partial charge < -0.3 is 29.6 Å². The van der Waals surface area contributed by atoms with Crippen LogP contribution in [0.1, 0.15) is 55.9 Å². The number of fused-ring (bicyclic) bond motifs is 1. The number of β-lactam (4-membered cyclic amide) rings is 1. The highest BCUT2D eigenvalue weighted by molar-refractivity contribution is 8.05. The fourth-order valence-electron chi connectivity index (χ4n) is 8.26. The van der Waals surface area contributed by atoms with Gasteiger partial charge in [0, 0.05) is 34.2 Å². The largest absolute Gasteiger partial charge is 0.497 e. The molecule has 0 radical (unpaired) electrons. The second-order valence-electron chi connectivity index (χ2n) is 16.7. The van der Waals surface area contributed by atoms with Crippen LogP contribution < -0.4 is 15.4 Å². The number of hydrogen-bond acceptors (Lipinski definition) is 12. The Labute approximate surface area is 384 Å². The van der Waals surface area contributed by atoms with E-state index in [1.54, 1.807) is 57.6 Å². The third-order valence-corrected chi connectivity index (χ3v) is 13.9. The molecule has 4 aliphatic heterocycles. The van der Waals surface area contributed by atoms with Gasteiger partial charge in [-0.05, 0) is 73.6 Å². The van der Waals surface area contributed by atoms with E-state index >= 15 is 0 Å². The van der Waals surface area contributed by atoms with E-state index in [2.05, 4.69) is 15.2 Å². The van der Waals surface area contributed by atoms with E-state index in [-0.39, 0.29) is 24.1 Å². The average Bonchev–Trinajstić information content (AvgIpc) is 4.00. The van der Waals surface area contributed by atoms with Crippen molar-refractivity contribution < 1.29 is 43.0 Å². The minimum absolute atomic E-state index is 0.0315. The molecule has 4 aromatic rings. The van der Waals surface area contributed by atoms with Crippen LogP contribution >= 0.6 is 11.8 Å². The number of esters is 2. The van der Waals surface area contributed by atoms with Crippen molar-refractivity contribution in [3.63, 3.8) is 0 Å². The molecule has 0 aromatic heterocycles. The zero-order valence-electron chi connectivity index (χ0n) is 36.7. The van der Waals surface area contributed by atoms with Crippen LogP contribution in [-0.4, -0.2) is 83.5 Å². The monoisotopic (exact) mass is 917 g/mol. The molecular weight excluding hydrogens is 867 g/mol. The van der Waals surface area contributed by atoms with Gasteiger partial charge in [0.2, 0.25) is 5.91 Å². The Morgan fingerprint density at radius 2 is 1.52 bits per heavy atom. The maximum atomic E-state index is 14.7. The standard InChI is InChI=1S/C49H51N5O9S2/c1-48(2,3)63-45(57)39(37-30-65(53-60-5)47(50-37)52-49(32-16-9-6-10-17-32,33-18-11-7-12-19-33)34-20-13-8-14-21-34)42(55)51-40-43(56)54-41(36(29-64-44(40)54)38-22-15-27-61-38)46(58)62-28-31-23-25-35(59-4)26-24-31/h6-14,16-21,23-26,30,38-40,44H,15,22,27-29H2,1-5H3,(H,50,52)(H,51,55)/t38-,39?,40-,44-,65?/m1/s1. The molecule has 2 N–H and O–H groups in total. The number of benzene rings is 4. The lowest BCUT2D eigenvalue weighted by Crippen LogP contribution is -2.71. The lowest BCUT2D eigenvalue weighted by Gasteiger charge is -2.50. The summed E-state index contributed by atoms with van der Waals surface area (Å²) in [4.78, 5) is 69.4. The minimum atomic E-state index is -1.58. The number of nitrogens with zero attached hydrogens (tertiary/aromatic N) is 3. The van der Waals surface area contributed by atoms with Crippen LogP contribution in [0, 0.1) is 5.92 Å². The molecule has 16 heteroatoms. The highest BCUT2D eigenvalue weighted by Gasteiger charge is 2.56. The number of carbonyl (C=O) groups is 4. The van der Waals surface area contributed by atoms with Gasteiger partial charge in [0.25, 0.3) is 5.91 Å². The summed E-state index contributed by atoms with van der Waals surface area (Å²) < 4.78 is 27.3. The highest BCUT2D eigenvalue weighted by atomic mass is 32.2. The Bertz CT molecular complexity index is 2440. The number of thioether (sulfide) groups is 1. The fourth-order valence-corrected chi connectivity index (χ4v) is 10.9. The lowest BCUT2D eigenvalue weighted by atomic mass is 9.77. The highest BCUT2D eigenvalue weighted by Crippen LogP contribution is 2.44. The second kappa shape index (κ2) is 19.6. The van der Waals surface area contributed by atoms with Crippen molar-refractivity contribution >= 4 is 51.4 Å². The number of hydrogen-bond donors (Lipinski definition) is 2. The molecular formula is C49H51N5O9S2. The Hall–Kier alpha value is -6.07. The number of carbonyl (C=O) groups excluding carboxylic acids is 4. The van der Waals surface area contributed by atoms with Crippen molar-refractivity contribution in [2.45, 2.75) is 68.9 Å². The van der Waals surface area contributed by atoms with Gasteiger partial charge in [-0.1, -0.05) is 108 Å². The van der Waals surface area contributed by atoms with Crippen molar-refractivity contribution in [2.75, 3.05) is 26.6 Å². The molecule has 0 spiro atoms. The summed E-state index contributed by atoms with van der Waals surface area (Å²) in [5.74, 6) is -3.36. The third-order valence-electron chi connectivity index (χ3n) is 11.2. The number of ether oxygens (including phenoxy) is 4. The van der Waals surface area contributed by atoms with Gasteiger partial charge in [0.05, 0.1) is 20.3 Å².